The van der Waals surface area contributed by atoms with Crippen LogP contribution in [0.3, 0.4) is 0 Å². The Labute approximate surface area is 127 Å². The van der Waals surface area contributed by atoms with E-state index >= 15 is 0 Å². The second-order valence-corrected chi connectivity index (χ2v) is 7.26. The van der Waals surface area contributed by atoms with Crippen molar-refractivity contribution in [3.05, 3.63) is 42.1 Å². The molecule has 1 aliphatic rings. The van der Waals surface area contributed by atoms with Gasteiger partial charge in [0.25, 0.3) is 10.0 Å². The summed E-state index contributed by atoms with van der Waals surface area (Å²) in [6.45, 7) is 1.74. The zero-order valence-electron chi connectivity index (χ0n) is 11.1. The monoisotopic (exact) mass is 360 g/mol. The van der Waals surface area contributed by atoms with Gasteiger partial charge in [-0.05, 0) is 25.5 Å². The molecule has 2 N–H and O–H groups in total. The zero-order chi connectivity index (χ0) is 14.8. The zero-order valence-corrected chi connectivity index (χ0v) is 13.5. The first-order chi connectivity index (χ1) is 9.43. The highest BCUT2D eigenvalue weighted by Crippen LogP contribution is 2.24. The smallest absolute Gasteiger partial charge is 0.277 e. The van der Waals surface area contributed by atoms with Crippen molar-refractivity contribution in [1.29, 1.82) is 0 Å². The Kier molecular flexibility index (Phi) is 4.53. The lowest BCUT2D eigenvalue weighted by molar-refractivity contribution is 0.132. The van der Waals surface area contributed by atoms with Gasteiger partial charge >= 0.3 is 0 Å². The van der Waals surface area contributed by atoms with Crippen molar-refractivity contribution in [2.24, 2.45) is 0 Å². The lowest BCUT2D eigenvalue weighted by Crippen LogP contribution is -2.59. The number of aryl methyl sites for hydroxylation is 1. The molecular formula is C13H17BrN2O3S. The van der Waals surface area contributed by atoms with Crippen molar-refractivity contribution in [1.82, 2.24) is 9.84 Å². The number of nitrogens with zero attached hydrogens (tertiary/aromatic N) is 1. The van der Waals surface area contributed by atoms with Gasteiger partial charge in [0.05, 0.1) is 17.0 Å². The quantitative estimate of drug-likeness (QED) is 0.799. The lowest BCUT2D eigenvalue weighted by atomic mass is 9.99. The predicted octanol–water partition coefficient (Wildman–Crippen LogP) is 1.53. The van der Waals surface area contributed by atoms with Gasteiger partial charge in [-0.25, -0.2) is 9.84 Å². The summed E-state index contributed by atoms with van der Waals surface area (Å²) in [4.78, 5) is 0.212. The van der Waals surface area contributed by atoms with Gasteiger partial charge in [0.15, 0.2) is 0 Å². The van der Waals surface area contributed by atoms with Crippen LogP contribution in [0, 0.1) is 6.92 Å². The van der Waals surface area contributed by atoms with Crippen LogP contribution in [0.2, 0.25) is 0 Å². The molecule has 0 saturated carbocycles. The molecule has 0 aliphatic carbocycles. The van der Waals surface area contributed by atoms with Gasteiger partial charge in [0.1, 0.15) is 0 Å². The molecule has 1 atom stereocenters. The highest BCUT2D eigenvalue weighted by Gasteiger charge is 2.35. The first kappa shape index (κ1) is 15.5. The van der Waals surface area contributed by atoms with Crippen molar-refractivity contribution in [2.75, 3.05) is 11.9 Å². The van der Waals surface area contributed by atoms with Crippen LogP contribution in [0.5, 0.6) is 0 Å². The van der Waals surface area contributed by atoms with E-state index < -0.39 is 15.6 Å². The van der Waals surface area contributed by atoms with Crippen LogP contribution in [0.1, 0.15) is 12.0 Å². The van der Waals surface area contributed by atoms with Crippen LogP contribution in [0.15, 0.2) is 41.4 Å². The summed E-state index contributed by atoms with van der Waals surface area (Å²) in [6, 6.07) is 6.65. The Balaban J connectivity index is 2.33. The number of rotatable bonds is 4. The van der Waals surface area contributed by atoms with Crippen molar-refractivity contribution >= 4 is 26.0 Å². The summed E-state index contributed by atoms with van der Waals surface area (Å²) in [5, 5.41) is 9.93. The maximum Gasteiger partial charge on any atom is 0.277 e. The molecule has 2 rings (SSSR count). The van der Waals surface area contributed by atoms with Crippen LogP contribution >= 0.6 is 15.9 Å². The van der Waals surface area contributed by atoms with Crippen molar-refractivity contribution < 1.29 is 13.5 Å². The van der Waals surface area contributed by atoms with Crippen molar-refractivity contribution in [3.63, 3.8) is 0 Å². The van der Waals surface area contributed by atoms with E-state index in [1.54, 1.807) is 30.3 Å². The molecule has 20 heavy (non-hydrogen) atoms. The standard InChI is InChI=1S/C13H17BrN2O3S/c1-11-3-5-12(6-4-11)20(18,19)16-8-2-7-13(9-14,10-17)15-16/h2-6,8,15,17H,7,9-10H2,1H3. The number of halogens is 1. The summed E-state index contributed by atoms with van der Waals surface area (Å²) in [6.07, 6.45) is 3.76. The topological polar surface area (TPSA) is 69.6 Å². The third kappa shape index (κ3) is 2.90. The maximum atomic E-state index is 12.5. The van der Waals surface area contributed by atoms with Gasteiger partial charge in [-0.2, -0.15) is 8.42 Å². The Morgan fingerprint density at radius 3 is 2.60 bits per heavy atom. The number of alkyl halides is 1. The SMILES string of the molecule is Cc1ccc(S(=O)(=O)N2C=CCC(CO)(CBr)N2)cc1. The molecule has 0 spiro atoms. The van der Waals surface area contributed by atoms with Crippen molar-refractivity contribution in [3.8, 4) is 0 Å². The van der Waals surface area contributed by atoms with Crippen LogP contribution in [0.4, 0.5) is 0 Å². The minimum atomic E-state index is -3.67. The summed E-state index contributed by atoms with van der Waals surface area (Å²) in [5.74, 6) is 0. The molecule has 0 bridgehead atoms. The third-order valence-electron chi connectivity index (χ3n) is 3.23. The van der Waals surface area contributed by atoms with Gasteiger partial charge in [0, 0.05) is 11.5 Å². The first-order valence-corrected chi connectivity index (χ1v) is 8.72. The lowest BCUT2D eigenvalue weighted by Gasteiger charge is -2.38. The predicted molar refractivity (Wildman–Crippen MR) is 80.7 cm³/mol. The van der Waals surface area contributed by atoms with E-state index in [2.05, 4.69) is 21.4 Å². The fourth-order valence-corrected chi connectivity index (χ4v) is 3.68. The molecule has 0 radical (unpaired) electrons. The summed E-state index contributed by atoms with van der Waals surface area (Å²) in [7, 11) is -3.67. The number of aliphatic hydroxyl groups is 1. The normalized spacial score (nSPS) is 23.1. The summed E-state index contributed by atoms with van der Waals surface area (Å²) < 4.78 is 26.1. The van der Waals surface area contributed by atoms with Crippen LogP contribution in [-0.4, -0.2) is 35.4 Å². The largest absolute Gasteiger partial charge is 0.394 e. The van der Waals surface area contributed by atoms with Crippen LogP contribution in [-0.2, 0) is 10.0 Å². The molecule has 0 fully saturated rings. The molecule has 1 heterocycles. The van der Waals surface area contributed by atoms with E-state index in [-0.39, 0.29) is 11.5 Å². The molecule has 0 amide bonds. The van der Waals surface area contributed by atoms with Crippen LogP contribution < -0.4 is 5.43 Å². The van der Waals surface area contributed by atoms with E-state index in [0.717, 1.165) is 9.98 Å². The van der Waals surface area contributed by atoms with Gasteiger partial charge in [-0.15, -0.1) is 0 Å². The van der Waals surface area contributed by atoms with E-state index in [9.17, 15) is 13.5 Å². The Hall–Kier alpha value is -0.890. The average Bonchev–Trinajstić information content (AvgIpc) is 2.47. The second kappa shape index (κ2) is 5.85. The van der Waals surface area contributed by atoms with Gasteiger partial charge in [-0.3, -0.25) is 0 Å². The molecule has 1 aromatic rings. The molecule has 0 aromatic heterocycles. The van der Waals surface area contributed by atoms with Gasteiger partial charge in [-0.1, -0.05) is 39.7 Å². The van der Waals surface area contributed by atoms with E-state index in [4.69, 9.17) is 0 Å². The molecule has 1 aromatic carbocycles. The highest BCUT2D eigenvalue weighted by atomic mass is 79.9. The first-order valence-electron chi connectivity index (χ1n) is 6.16. The number of benzene rings is 1. The Morgan fingerprint density at radius 1 is 1.40 bits per heavy atom. The van der Waals surface area contributed by atoms with Gasteiger partial charge in [0.2, 0.25) is 0 Å². The summed E-state index contributed by atoms with van der Waals surface area (Å²) in [5.41, 5.74) is 3.18. The fraction of sp³-hybridized carbons (Fsp3) is 0.385. The minimum Gasteiger partial charge on any atom is -0.394 e. The molecule has 5 nitrogen and oxygen atoms in total. The van der Waals surface area contributed by atoms with Gasteiger partial charge < -0.3 is 5.11 Å². The van der Waals surface area contributed by atoms with Crippen LogP contribution in [0.25, 0.3) is 0 Å². The Bertz CT molecular complexity index is 595. The number of hydrogen-bond donors (Lipinski definition) is 2. The molecular weight excluding hydrogens is 344 g/mol. The fourth-order valence-electron chi connectivity index (χ4n) is 1.88. The molecule has 1 unspecified atom stereocenters. The highest BCUT2D eigenvalue weighted by molar-refractivity contribution is 9.09. The number of nitrogens with one attached hydrogen (secondary N) is 1. The van der Waals surface area contributed by atoms with E-state index in [0.29, 0.717) is 11.8 Å². The maximum absolute atomic E-state index is 12.5. The molecule has 110 valence electrons. The number of hydrogen-bond acceptors (Lipinski definition) is 4. The summed E-state index contributed by atoms with van der Waals surface area (Å²) >= 11 is 3.31. The van der Waals surface area contributed by atoms with E-state index in [1.807, 2.05) is 6.92 Å². The molecule has 1 aliphatic heterocycles. The molecule has 7 heteroatoms. The van der Waals surface area contributed by atoms with Crippen molar-refractivity contribution in [2.45, 2.75) is 23.8 Å². The average molecular weight is 361 g/mol. The number of aliphatic hydroxyl groups excluding tert-OH is 1. The Morgan fingerprint density at radius 2 is 2.05 bits per heavy atom. The number of hydrazine groups is 1. The van der Waals surface area contributed by atoms with E-state index in [1.165, 1.54) is 6.20 Å². The molecule has 0 saturated heterocycles. The second-order valence-electron chi connectivity index (χ2n) is 4.89. The number of sulfonamides is 1. The third-order valence-corrected chi connectivity index (χ3v) is 5.91. The minimum absolute atomic E-state index is 0.164.